The Morgan fingerprint density at radius 2 is 2.07 bits per heavy atom. The quantitative estimate of drug-likeness (QED) is 0.713. The molecule has 1 aliphatic rings. The molecule has 0 spiro atoms. The van der Waals surface area contributed by atoms with Crippen molar-refractivity contribution in [2.45, 2.75) is 39.7 Å². The van der Waals surface area contributed by atoms with Crippen LogP contribution in [0.5, 0.6) is 0 Å². The molecule has 1 aromatic carbocycles. The lowest BCUT2D eigenvalue weighted by Crippen LogP contribution is -2.28. The lowest BCUT2D eigenvalue weighted by molar-refractivity contribution is 0.732. The van der Waals surface area contributed by atoms with Gasteiger partial charge in [-0.2, -0.15) is 0 Å². The molecule has 0 bridgehead atoms. The number of nitrogens with zero attached hydrogens (tertiary/aromatic N) is 1. The van der Waals surface area contributed by atoms with Crippen molar-refractivity contribution in [3.63, 3.8) is 0 Å². The highest BCUT2D eigenvalue weighted by molar-refractivity contribution is 5.68. The van der Waals surface area contributed by atoms with E-state index >= 15 is 0 Å². The van der Waals surface area contributed by atoms with E-state index in [1.807, 2.05) is 6.07 Å². The van der Waals surface area contributed by atoms with Crippen molar-refractivity contribution >= 4 is 11.4 Å². The number of hydrogen-bond acceptors (Lipinski definition) is 2. The fourth-order valence-electron chi connectivity index (χ4n) is 2.56. The second-order valence-electron chi connectivity index (χ2n) is 4.63. The van der Waals surface area contributed by atoms with Gasteiger partial charge in [0, 0.05) is 24.0 Å². The Morgan fingerprint density at radius 1 is 1.33 bits per heavy atom. The smallest absolute Gasteiger partial charge is 0.0448 e. The molecular formula is C13H20N2. The Labute approximate surface area is 92.1 Å². The van der Waals surface area contributed by atoms with E-state index in [0.717, 1.165) is 5.69 Å². The fourth-order valence-corrected chi connectivity index (χ4v) is 2.56. The highest BCUT2D eigenvalue weighted by atomic mass is 15.2. The van der Waals surface area contributed by atoms with Gasteiger partial charge in [0.15, 0.2) is 0 Å². The van der Waals surface area contributed by atoms with Gasteiger partial charge in [-0.05, 0) is 50.8 Å². The van der Waals surface area contributed by atoms with Crippen LogP contribution in [0.2, 0.25) is 0 Å². The number of nitrogens with two attached hydrogens (primary N) is 1. The summed E-state index contributed by atoms with van der Waals surface area (Å²) in [6.45, 7) is 7.77. The van der Waals surface area contributed by atoms with Crippen LogP contribution in [0.4, 0.5) is 11.4 Å². The molecule has 2 nitrogen and oxygen atoms in total. The van der Waals surface area contributed by atoms with E-state index in [-0.39, 0.29) is 0 Å². The number of benzene rings is 1. The van der Waals surface area contributed by atoms with Crippen LogP contribution in [0.25, 0.3) is 0 Å². The van der Waals surface area contributed by atoms with Crippen molar-refractivity contribution in [3.8, 4) is 0 Å². The minimum Gasteiger partial charge on any atom is -0.398 e. The van der Waals surface area contributed by atoms with Crippen molar-refractivity contribution < 1.29 is 0 Å². The second-order valence-corrected chi connectivity index (χ2v) is 4.63. The standard InChI is InChI=1S/C13H20N2/c1-9-6-7-12(14)11(3)13(9)15-8-4-5-10(15)2/h6-7,10H,4-5,8,14H2,1-3H3. The zero-order chi connectivity index (χ0) is 11.0. The van der Waals surface area contributed by atoms with E-state index in [0.29, 0.717) is 6.04 Å². The van der Waals surface area contributed by atoms with Gasteiger partial charge in [-0.3, -0.25) is 0 Å². The summed E-state index contributed by atoms with van der Waals surface area (Å²) in [5.74, 6) is 0. The van der Waals surface area contributed by atoms with Crippen molar-refractivity contribution in [2.24, 2.45) is 0 Å². The predicted molar refractivity (Wildman–Crippen MR) is 66.4 cm³/mol. The van der Waals surface area contributed by atoms with E-state index in [9.17, 15) is 0 Å². The lowest BCUT2D eigenvalue weighted by atomic mass is 10.1. The predicted octanol–water partition coefficient (Wildman–Crippen LogP) is 2.87. The summed E-state index contributed by atoms with van der Waals surface area (Å²) in [6.07, 6.45) is 2.60. The minimum atomic E-state index is 0.657. The summed E-state index contributed by atoms with van der Waals surface area (Å²) in [6, 6.07) is 4.79. The van der Waals surface area contributed by atoms with Crippen LogP contribution >= 0.6 is 0 Å². The van der Waals surface area contributed by atoms with Crippen LogP contribution in [-0.4, -0.2) is 12.6 Å². The average Bonchev–Trinajstić information content (AvgIpc) is 2.60. The van der Waals surface area contributed by atoms with Crippen LogP contribution < -0.4 is 10.6 Å². The summed E-state index contributed by atoms with van der Waals surface area (Å²) < 4.78 is 0. The number of rotatable bonds is 1. The first-order valence-electron chi connectivity index (χ1n) is 5.73. The summed E-state index contributed by atoms with van der Waals surface area (Å²) in [5, 5.41) is 0. The minimum absolute atomic E-state index is 0.657. The number of aryl methyl sites for hydroxylation is 1. The molecule has 1 saturated heterocycles. The van der Waals surface area contributed by atoms with Gasteiger partial charge >= 0.3 is 0 Å². The maximum Gasteiger partial charge on any atom is 0.0448 e. The monoisotopic (exact) mass is 204 g/mol. The Bertz CT molecular complexity index is 371. The van der Waals surface area contributed by atoms with Crippen molar-refractivity contribution in [2.75, 3.05) is 17.2 Å². The van der Waals surface area contributed by atoms with Gasteiger partial charge in [0.2, 0.25) is 0 Å². The molecule has 2 heteroatoms. The van der Waals surface area contributed by atoms with Crippen LogP contribution in [-0.2, 0) is 0 Å². The average molecular weight is 204 g/mol. The van der Waals surface area contributed by atoms with E-state index in [1.165, 1.54) is 36.2 Å². The first kappa shape index (κ1) is 10.3. The Hall–Kier alpha value is -1.18. The van der Waals surface area contributed by atoms with Gasteiger partial charge in [-0.1, -0.05) is 6.07 Å². The second kappa shape index (κ2) is 3.76. The Kier molecular flexibility index (Phi) is 2.59. The highest BCUT2D eigenvalue weighted by Crippen LogP contribution is 2.33. The van der Waals surface area contributed by atoms with E-state index in [1.54, 1.807) is 0 Å². The van der Waals surface area contributed by atoms with Gasteiger partial charge in [0.1, 0.15) is 0 Å². The topological polar surface area (TPSA) is 29.3 Å². The molecule has 0 aromatic heterocycles. The van der Waals surface area contributed by atoms with Crippen molar-refractivity contribution in [1.82, 2.24) is 0 Å². The maximum absolute atomic E-state index is 5.98. The fraction of sp³-hybridized carbons (Fsp3) is 0.538. The Balaban J connectivity index is 2.46. The first-order valence-corrected chi connectivity index (χ1v) is 5.73. The molecule has 0 saturated carbocycles. The van der Waals surface area contributed by atoms with Crippen molar-refractivity contribution in [1.29, 1.82) is 0 Å². The first-order chi connectivity index (χ1) is 7.11. The molecule has 0 radical (unpaired) electrons. The molecule has 15 heavy (non-hydrogen) atoms. The molecule has 1 unspecified atom stereocenters. The molecule has 1 heterocycles. The maximum atomic E-state index is 5.98. The molecule has 2 N–H and O–H groups in total. The Morgan fingerprint density at radius 3 is 2.67 bits per heavy atom. The molecule has 82 valence electrons. The molecule has 1 aliphatic heterocycles. The SMILES string of the molecule is Cc1ccc(N)c(C)c1N1CCCC1C. The highest BCUT2D eigenvalue weighted by Gasteiger charge is 2.23. The molecule has 1 atom stereocenters. The van der Waals surface area contributed by atoms with Crippen LogP contribution in [0.3, 0.4) is 0 Å². The van der Waals surface area contributed by atoms with Gasteiger partial charge in [-0.15, -0.1) is 0 Å². The third kappa shape index (κ3) is 1.69. The molecule has 1 fully saturated rings. The summed E-state index contributed by atoms with van der Waals surface area (Å²) in [4.78, 5) is 2.50. The number of hydrogen-bond donors (Lipinski definition) is 1. The van der Waals surface area contributed by atoms with E-state index in [2.05, 4.69) is 31.7 Å². The van der Waals surface area contributed by atoms with Crippen molar-refractivity contribution in [3.05, 3.63) is 23.3 Å². The van der Waals surface area contributed by atoms with Gasteiger partial charge in [0.05, 0.1) is 0 Å². The largest absolute Gasteiger partial charge is 0.398 e. The van der Waals surface area contributed by atoms with Gasteiger partial charge in [0.25, 0.3) is 0 Å². The third-order valence-corrected chi connectivity index (χ3v) is 3.51. The zero-order valence-corrected chi connectivity index (χ0v) is 9.88. The summed E-state index contributed by atoms with van der Waals surface area (Å²) >= 11 is 0. The molecule has 0 aliphatic carbocycles. The molecule has 2 rings (SSSR count). The normalized spacial score (nSPS) is 21.0. The number of anilines is 2. The van der Waals surface area contributed by atoms with Crippen LogP contribution in [0.15, 0.2) is 12.1 Å². The van der Waals surface area contributed by atoms with Gasteiger partial charge < -0.3 is 10.6 Å². The zero-order valence-electron chi connectivity index (χ0n) is 9.88. The third-order valence-electron chi connectivity index (χ3n) is 3.51. The lowest BCUT2D eigenvalue weighted by Gasteiger charge is -2.28. The summed E-state index contributed by atoms with van der Waals surface area (Å²) in [7, 11) is 0. The molecular weight excluding hydrogens is 184 g/mol. The molecule has 1 aromatic rings. The van der Waals surface area contributed by atoms with Gasteiger partial charge in [-0.25, -0.2) is 0 Å². The number of nitrogen functional groups attached to an aromatic ring is 1. The van der Waals surface area contributed by atoms with E-state index < -0.39 is 0 Å². The summed E-state index contributed by atoms with van der Waals surface area (Å²) in [5.41, 5.74) is 10.8. The molecule has 0 amide bonds. The van der Waals surface area contributed by atoms with Crippen LogP contribution in [0, 0.1) is 13.8 Å². The van der Waals surface area contributed by atoms with E-state index in [4.69, 9.17) is 5.73 Å². The van der Waals surface area contributed by atoms with Crippen LogP contribution in [0.1, 0.15) is 30.9 Å².